The van der Waals surface area contributed by atoms with E-state index in [9.17, 15) is 4.79 Å². The van der Waals surface area contributed by atoms with Gasteiger partial charge in [0.25, 0.3) is 0 Å². The van der Waals surface area contributed by atoms with Gasteiger partial charge in [-0.3, -0.25) is 4.79 Å². The third-order valence-electron chi connectivity index (χ3n) is 4.44. The number of halogens is 1. The fourth-order valence-corrected chi connectivity index (χ4v) is 3.26. The van der Waals surface area contributed by atoms with Crippen LogP contribution in [0.2, 0.25) is 5.02 Å². The molecule has 2 N–H and O–H groups in total. The van der Waals surface area contributed by atoms with Gasteiger partial charge in [-0.15, -0.1) is 0 Å². The number of fused-ring (bicyclic) bond motifs is 1. The van der Waals surface area contributed by atoms with E-state index in [1.54, 1.807) is 0 Å². The lowest BCUT2D eigenvalue weighted by Gasteiger charge is -2.27. The van der Waals surface area contributed by atoms with Crippen LogP contribution < -0.4 is 10.6 Å². The van der Waals surface area contributed by atoms with Crippen molar-refractivity contribution in [2.75, 3.05) is 13.1 Å². The highest BCUT2D eigenvalue weighted by Gasteiger charge is 2.21. The van der Waals surface area contributed by atoms with Crippen molar-refractivity contribution in [2.24, 2.45) is 0 Å². The lowest BCUT2D eigenvalue weighted by Crippen LogP contribution is -2.40. The summed E-state index contributed by atoms with van der Waals surface area (Å²) < 4.78 is 0. The summed E-state index contributed by atoms with van der Waals surface area (Å²) in [5.41, 5.74) is 3.59. The maximum absolute atomic E-state index is 12.4. The predicted octanol–water partition coefficient (Wildman–Crippen LogP) is 3.45. The van der Waals surface area contributed by atoms with E-state index in [0.717, 1.165) is 18.5 Å². The van der Waals surface area contributed by atoms with Crippen molar-refractivity contribution in [3.8, 4) is 0 Å². The number of benzene rings is 2. The Hall–Kier alpha value is -1.84. The van der Waals surface area contributed by atoms with E-state index in [1.165, 1.54) is 11.1 Å². The number of carbonyl (C=O) groups excluding carboxylic acids is 1. The number of amides is 1. The van der Waals surface area contributed by atoms with Gasteiger partial charge in [-0.1, -0.05) is 48.0 Å². The highest BCUT2D eigenvalue weighted by molar-refractivity contribution is 6.30. The SMILES string of the molecule is CC(C(=O)NCC1NCCc2ccccc21)c1cccc(Cl)c1. The van der Waals surface area contributed by atoms with Crippen LogP contribution in [0.15, 0.2) is 48.5 Å². The highest BCUT2D eigenvalue weighted by atomic mass is 35.5. The summed E-state index contributed by atoms with van der Waals surface area (Å²) >= 11 is 6.01. The third-order valence-corrected chi connectivity index (χ3v) is 4.67. The van der Waals surface area contributed by atoms with Gasteiger partial charge >= 0.3 is 0 Å². The second-order valence-corrected chi connectivity index (χ2v) is 6.41. The molecule has 1 amide bonds. The molecule has 2 atom stereocenters. The molecule has 0 radical (unpaired) electrons. The van der Waals surface area contributed by atoms with Crippen LogP contribution in [0.25, 0.3) is 0 Å². The number of carbonyl (C=O) groups is 1. The molecule has 0 spiro atoms. The Balaban J connectivity index is 1.64. The Labute approximate surface area is 142 Å². The van der Waals surface area contributed by atoms with Gasteiger partial charge in [0, 0.05) is 17.6 Å². The lowest BCUT2D eigenvalue weighted by atomic mass is 9.94. The molecule has 0 aliphatic carbocycles. The summed E-state index contributed by atoms with van der Waals surface area (Å²) in [6.45, 7) is 3.45. The van der Waals surface area contributed by atoms with Crippen LogP contribution in [0.5, 0.6) is 0 Å². The minimum atomic E-state index is -0.215. The summed E-state index contributed by atoms with van der Waals surface area (Å²) in [6, 6.07) is 16.1. The fraction of sp³-hybridized carbons (Fsp3) is 0.316. The molecule has 23 heavy (non-hydrogen) atoms. The van der Waals surface area contributed by atoms with Crippen molar-refractivity contribution in [1.29, 1.82) is 0 Å². The van der Waals surface area contributed by atoms with Crippen LogP contribution >= 0.6 is 11.6 Å². The zero-order valence-electron chi connectivity index (χ0n) is 13.2. The van der Waals surface area contributed by atoms with Gasteiger partial charge < -0.3 is 10.6 Å². The molecule has 0 bridgehead atoms. The maximum atomic E-state index is 12.4. The molecule has 3 nitrogen and oxygen atoms in total. The topological polar surface area (TPSA) is 41.1 Å². The number of nitrogens with one attached hydrogen (secondary N) is 2. The van der Waals surface area contributed by atoms with Crippen LogP contribution in [0.1, 0.15) is 35.6 Å². The standard InChI is InChI=1S/C19H21ClN2O/c1-13(15-6-4-7-16(20)11-15)19(23)22-12-18-17-8-3-2-5-14(17)9-10-21-18/h2-8,11,13,18,21H,9-10,12H2,1H3,(H,22,23). The summed E-state index contributed by atoms with van der Waals surface area (Å²) in [5.74, 6) is -0.190. The van der Waals surface area contributed by atoms with E-state index in [4.69, 9.17) is 11.6 Å². The van der Waals surface area contributed by atoms with Crippen molar-refractivity contribution < 1.29 is 4.79 Å². The zero-order valence-corrected chi connectivity index (χ0v) is 13.9. The number of hydrogen-bond acceptors (Lipinski definition) is 2. The summed E-state index contributed by atoms with van der Waals surface area (Å²) in [6.07, 6.45) is 1.04. The van der Waals surface area contributed by atoms with Gasteiger partial charge in [0.15, 0.2) is 0 Å². The molecular formula is C19H21ClN2O. The minimum Gasteiger partial charge on any atom is -0.354 e. The van der Waals surface area contributed by atoms with Crippen LogP contribution in [-0.2, 0) is 11.2 Å². The first-order chi connectivity index (χ1) is 11.1. The second kappa shape index (κ2) is 7.16. The Morgan fingerprint density at radius 2 is 2.13 bits per heavy atom. The molecule has 0 aromatic heterocycles. The molecule has 120 valence electrons. The molecule has 2 unspecified atom stereocenters. The third kappa shape index (κ3) is 3.74. The molecule has 2 aromatic carbocycles. The number of rotatable bonds is 4. The smallest absolute Gasteiger partial charge is 0.227 e. The molecule has 1 aliphatic rings. The van der Waals surface area contributed by atoms with E-state index < -0.39 is 0 Å². The van der Waals surface area contributed by atoms with Crippen LogP contribution in [0.4, 0.5) is 0 Å². The van der Waals surface area contributed by atoms with Gasteiger partial charge in [-0.2, -0.15) is 0 Å². The first-order valence-corrected chi connectivity index (χ1v) is 8.37. The van der Waals surface area contributed by atoms with Crippen LogP contribution in [0, 0.1) is 0 Å². The normalized spacial score (nSPS) is 18.1. The molecule has 3 rings (SSSR count). The van der Waals surface area contributed by atoms with Crippen molar-refractivity contribution in [3.63, 3.8) is 0 Å². The first-order valence-electron chi connectivity index (χ1n) is 7.99. The van der Waals surface area contributed by atoms with Gasteiger partial charge in [0.2, 0.25) is 5.91 Å². The van der Waals surface area contributed by atoms with Gasteiger partial charge in [-0.05, 0) is 48.7 Å². The summed E-state index contributed by atoms with van der Waals surface area (Å²) in [7, 11) is 0. The second-order valence-electron chi connectivity index (χ2n) is 5.98. The maximum Gasteiger partial charge on any atom is 0.227 e. The largest absolute Gasteiger partial charge is 0.354 e. The average molecular weight is 329 g/mol. The molecule has 4 heteroatoms. The molecule has 0 saturated carbocycles. The molecular weight excluding hydrogens is 308 g/mol. The van der Waals surface area contributed by atoms with Crippen molar-refractivity contribution in [3.05, 3.63) is 70.2 Å². The van der Waals surface area contributed by atoms with E-state index in [0.29, 0.717) is 11.6 Å². The summed E-state index contributed by atoms with van der Waals surface area (Å²) in [5, 5.41) is 7.21. The molecule has 1 heterocycles. The van der Waals surface area contributed by atoms with Gasteiger partial charge in [0.1, 0.15) is 0 Å². The van der Waals surface area contributed by atoms with E-state index in [-0.39, 0.29) is 17.9 Å². The van der Waals surface area contributed by atoms with E-state index in [1.807, 2.05) is 31.2 Å². The van der Waals surface area contributed by atoms with Crippen molar-refractivity contribution >= 4 is 17.5 Å². The monoisotopic (exact) mass is 328 g/mol. The Bertz CT molecular complexity index is 701. The van der Waals surface area contributed by atoms with Crippen molar-refractivity contribution in [1.82, 2.24) is 10.6 Å². The molecule has 0 fully saturated rings. The quantitative estimate of drug-likeness (QED) is 0.902. The fourth-order valence-electron chi connectivity index (χ4n) is 3.06. The molecule has 2 aromatic rings. The average Bonchev–Trinajstić information content (AvgIpc) is 2.59. The Kier molecular flexibility index (Phi) is 4.99. The molecule has 0 saturated heterocycles. The Morgan fingerprint density at radius 3 is 2.96 bits per heavy atom. The van der Waals surface area contributed by atoms with Gasteiger partial charge in [0.05, 0.1) is 5.92 Å². The minimum absolute atomic E-state index is 0.0251. The lowest BCUT2D eigenvalue weighted by molar-refractivity contribution is -0.122. The molecule has 1 aliphatic heterocycles. The summed E-state index contributed by atoms with van der Waals surface area (Å²) in [4.78, 5) is 12.4. The first kappa shape index (κ1) is 16.0. The predicted molar refractivity (Wildman–Crippen MR) is 93.8 cm³/mol. The zero-order chi connectivity index (χ0) is 16.2. The van der Waals surface area contributed by atoms with Crippen LogP contribution in [-0.4, -0.2) is 19.0 Å². The highest BCUT2D eigenvalue weighted by Crippen LogP contribution is 2.23. The van der Waals surface area contributed by atoms with E-state index in [2.05, 4.69) is 34.9 Å². The van der Waals surface area contributed by atoms with Crippen molar-refractivity contribution in [2.45, 2.75) is 25.3 Å². The van der Waals surface area contributed by atoms with Gasteiger partial charge in [-0.25, -0.2) is 0 Å². The number of hydrogen-bond donors (Lipinski definition) is 2. The Morgan fingerprint density at radius 1 is 1.30 bits per heavy atom. The van der Waals surface area contributed by atoms with Crippen LogP contribution in [0.3, 0.4) is 0 Å². The van der Waals surface area contributed by atoms with E-state index >= 15 is 0 Å².